The smallest absolute Gasteiger partial charge is 0.202 e. The quantitative estimate of drug-likeness (QED) is 0.453. The van der Waals surface area contributed by atoms with Crippen LogP contribution in [0.5, 0.6) is 0 Å². The molecule has 52 valence electrons. The van der Waals surface area contributed by atoms with Gasteiger partial charge in [-0.15, -0.1) is 0 Å². The summed E-state index contributed by atoms with van der Waals surface area (Å²) in [5, 5.41) is 0. The van der Waals surface area contributed by atoms with Crippen LogP contribution >= 0.6 is 0 Å². The molecule has 1 fully saturated rings. The lowest BCUT2D eigenvalue weighted by atomic mass is 10.4. The molecular formula is C5H4F4. The number of hydrogen-bond acceptors (Lipinski definition) is 0. The van der Waals surface area contributed by atoms with Gasteiger partial charge in [0.15, 0.2) is 0 Å². The fourth-order valence-electron chi connectivity index (χ4n) is 0.482. The minimum absolute atomic E-state index is 0.0949. The van der Waals surface area contributed by atoms with E-state index in [1.807, 2.05) is 0 Å². The molecule has 0 radical (unpaired) electrons. The maximum Gasteiger partial charge on any atom is 0.442 e. The van der Waals surface area contributed by atoms with E-state index >= 15 is 0 Å². The summed E-state index contributed by atoms with van der Waals surface area (Å²) in [7, 11) is 0. The van der Waals surface area contributed by atoms with E-state index in [0.717, 1.165) is 0 Å². The van der Waals surface area contributed by atoms with E-state index in [0.29, 0.717) is 0 Å². The van der Waals surface area contributed by atoms with Gasteiger partial charge in [-0.1, -0.05) is 0 Å². The van der Waals surface area contributed by atoms with E-state index in [1.54, 1.807) is 0 Å². The van der Waals surface area contributed by atoms with Crippen molar-refractivity contribution in [2.45, 2.75) is 19.0 Å². The molecule has 0 unspecified atom stereocenters. The number of rotatable bonds is 0. The third-order valence-electron chi connectivity index (χ3n) is 1.06. The van der Waals surface area contributed by atoms with Crippen LogP contribution in [-0.4, -0.2) is 6.18 Å². The summed E-state index contributed by atoms with van der Waals surface area (Å²) in [6.07, 6.45) is -4.21. The summed E-state index contributed by atoms with van der Waals surface area (Å²) in [5.41, 5.74) is -0.0949. The Hall–Kier alpha value is -0.540. The van der Waals surface area contributed by atoms with Gasteiger partial charge < -0.3 is 0 Å². The van der Waals surface area contributed by atoms with Crippen molar-refractivity contribution in [1.29, 1.82) is 0 Å². The van der Waals surface area contributed by atoms with E-state index in [1.165, 1.54) is 0 Å². The normalized spacial score (nSPS) is 18.0. The number of halogens is 4. The molecular weight excluding hydrogens is 136 g/mol. The zero-order valence-electron chi connectivity index (χ0n) is 4.43. The highest BCUT2D eigenvalue weighted by atomic mass is 19.4. The molecule has 0 N–H and O–H groups in total. The predicted molar refractivity (Wildman–Crippen MR) is 23.4 cm³/mol. The minimum Gasteiger partial charge on any atom is -0.202 e. The van der Waals surface area contributed by atoms with Gasteiger partial charge in [0.25, 0.3) is 0 Å². The molecule has 0 aromatic heterocycles. The molecule has 0 spiro atoms. The van der Waals surface area contributed by atoms with Gasteiger partial charge >= 0.3 is 6.18 Å². The Morgan fingerprint density at radius 3 is 1.78 bits per heavy atom. The Kier molecular flexibility index (Phi) is 1.26. The third-order valence-corrected chi connectivity index (χ3v) is 1.06. The van der Waals surface area contributed by atoms with Gasteiger partial charge in [0.05, 0.1) is 0 Å². The molecule has 0 aliphatic heterocycles. The van der Waals surface area contributed by atoms with Gasteiger partial charge in [-0.2, -0.15) is 13.2 Å². The van der Waals surface area contributed by atoms with Crippen LogP contribution in [0.15, 0.2) is 11.4 Å². The zero-order chi connectivity index (χ0) is 7.07. The second-order valence-corrected chi connectivity index (χ2v) is 1.92. The maximum absolute atomic E-state index is 11.8. The van der Waals surface area contributed by atoms with Crippen molar-refractivity contribution in [3.8, 4) is 0 Å². The summed E-state index contributed by atoms with van der Waals surface area (Å²) >= 11 is 0. The molecule has 0 heterocycles. The zero-order valence-corrected chi connectivity index (χ0v) is 4.43. The average molecular weight is 140 g/mol. The Labute approximate surface area is 49.2 Å². The summed E-state index contributed by atoms with van der Waals surface area (Å²) < 4.78 is 45.8. The number of hydrogen-bond donors (Lipinski definition) is 0. The molecule has 0 amide bonds. The Morgan fingerprint density at radius 1 is 1.22 bits per heavy atom. The Morgan fingerprint density at radius 2 is 1.67 bits per heavy atom. The first kappa shape index (κ1) is 6.58. The van der Waals surface area contributed by atoms with Gasteiger partial charge in [0, 0.05) is 0 Å². The number of alkyl halides is 3. The van der Waals surface area contributed by atoms with Crippen molar-refractivity contribution in [3.63, 3.8) is 0 Å². The van der Waals surface area contributed by atoms with Gasteiger partial charge in [-0.3, -0.25) is 0 Å². The monoisotopic (exact) mass is 140 g/mol. The highest BCUT2D eigenvalue weighted by Crippen LogP contribution is 2.39. The van der Waals surface area contributed by atoms with Crippen molar-refractivity contribution in [2.24, 2.45) is 0 Å². The molecule has 9 heavy (non-hydrogen) atoms. The van der Waals surface area contributed by atoms with Crippen molar-refractivity contribution < 1.29 is 17.6 Å². The molecule has 0 nitrogen and oxygen atoms in total. The van der Waals surface area contributed by atoms with Crippen molar-refractivity contribution in [3.05, 3.63) is 11.4 Å². The summed E-state index contributed by atoms with van der Waals surface area (Å²) in [4.78, 5) is 0. The van der Waals surface area contributed by atoms with Gasteiger partial charge in [-0.25, -0.2) is 4.39 Å². The van der Waals surface area contributed by atoms with Crippen LogP contribution in [-0.2, 0) is 0 Å². The predicted octanol–water partition coefficient (Wildman–Crippen LogP) is 2.57. The minimum atomic E-state index is -4.74. The van der Waals surface area contributed by atoms with Crippen molar-refractivity contribution in [1.82, 2.24) is 0 Å². The average Bonchev–Trinajstić information content (AvgIpc) is 2.40. The van der Waals surface area contributed by atoms with Crippen LogP contribution in [0, 0.1) is 0 Å². The first-order valence-corrected chi connectivity index (χ1v) is 2.46. The van der Waals surface area contributed by atoms with Crippen LogP contribution in [0.3, 0.4) is 0 Å². The summed E-state index contributed by atoms with van der Waals surface area (Å²) in [6.45, 7) is 0. The summed E-state index contributed by atoms with van der Waals surface area (Å²) in [6, 6.07) is 0. The van der Waals surface area contributed by atoms with Crippen LogP contribution in [0.4, 0.5) is 17.6 Å². The van der Waals surface area contributed by atoms with E-state index < -0.39 is 12.0 Å². The molecule has 0 aromatic rings. The molecule has 4 heteroatoms. The third kappa shape index (κ3) is 1.43. The van der Waals surface area contributed by atoms with E-state index in [9.17, 15) is 17.6 Å². The first-order chi connectivity index (χ1) is 4.02. The van der Waals surface area contributed by atoms with Gasteiger partial charge in [-0.05, 0) is 18.4 Å². The largest absolute Gasteiger partial charge is 0.442 e. The molecule has 1 rings (SSSR count). The van der Waals surface area contributed by atoms with Crippen LogP contribution in [0.25, 0.3) is 0 Å². The highest BCUT2D eigenvalue weighted by molar-refractivity contribution is 5.23. The van der Waals surface area contributed by atoms with Gasteiger partial charge in [0.2, 0.25) is 5.83 Å². The molecule has 1 aliphatic carbocycles. The van der Waals surface area contributed by atoms with Crippen LogP contribution < -0.4 is 0 Å². The second-order valence-electron chi connectivity index (χ2n) is 1.92. The Bertz CT molecular complexity index is 147. The van der Waals surface area contributed by atoms with Gasteiger partial charge in [0.1, 0.15) is 0 Å². The van der Waals surface area contributed by atoms with E-state index in [2.05, 4.69) is 0 Å². The fourth-order valence-corrected chi connectivity index (χ4v) is 0.482. The molecule has 0 saturated heterocycles. The molecule has 1 aliphatic rings. The topological polar surface area (TPSA) is 0 Å². The highest BCUT2D eigenvalue weighted by Gasteiger charge is 2.39. The molecule has 1 saturated carbocycles. The van der Waals surface area contributed by atoms with Crippen LogP contribution in [0.1, 0.15) is 12.8 Å². The lowest BCUT2D eigenvalue weighted by Gasteiger charge is -1.99. The van der Waals surface area contributed by atoms with Crippen molar-refractivity contribution >= 4 is 0 Å². The lowest BCUT2D eigenvalue weighted by molar-refractivity contribution is -0.109. The molecule has 0 atom stereocenters. The number of allylic oxidation sites excluding steroid dienone is 2. The molecule has 0 bridgehead atoms. The fraction of sp³-hybridized carbons (Fsp3) is 0.600. The van der Waals surface area contributed by atoms with E-state index in [4.69, 9.17) is 0 Å². The second kappa shape index (κ2) is 1.72. The standard InChI is InChI=1S/C5H4F4/c6-4(3-1-2-3)5(7,8)9/h1-2H2. The Balaban J connectivity index is 2.73. The van der Waals surface area contributed by atoms with Crippen LogP contribution in [0.2, 0.25) is 0 Å². The molecule has 0 aromatic carbocycles. The van der Waals surface area contributed by atoms with E-state index in [-0.39, 0.29) is 18.4 Å². The summed E-state index contributed by atoms with van der Waals surface area (Å²) in [5.74, 6) is -1.89. The maximum atomic E-state index is 11.8. The lowest BCUT2D eigenvalue weighted by Crippen LogP contribution is -2.07. The first-order valence-electron chi connectivity index (χ1n) is 2.46. The SMILES string of the molecule is FC(=C1CC1)C(F)(F)F. The van der Waals surface area contributed by atoms with Crippen molar-refractivity contribution in [2.75, 3.05) is 0 Å².